The quantitative estimate of drug-likeness (QED) is 0.525. The summed E-state index contributed by atoms with van der Waals surface area (Å²) in [4.78, 5) is 10.4. The third-order valence-electron chi connectivity index (χ3n) is 0.906. The first-order valence-electron chi connectivity index (χ1n) is 2.44. The molecule has 3 N–H and O–H groups in total. The Labute approximate surface area is 63.6 Å². The monoisotopic (exact) mass is 176 g/mol. The van der Waals surface area contributed by atoms with Crippen LogP contribution in [0.15, 0.2) is 6.33 Å². The van der Waals surface area contributed by atoms with Crippen molar-refractivity contribution < 1.29 is 13.6 Å². The molecule has 1 unspecified atom stereocenters. The van der Waals surface area contributed by atoms with E-state index in [1.807, 2.05) is 0 Å². The maximum absolute atomic E-state index is 10.4. The van der Waals surface area contributed by atoms with Crippen LogP contribution >= 0.6 is 0 Å². The highest BCUT2D eigenvalue weighted by molar-refractivity contribution is 7.77. The molecule has 0 aliphatic heterocycles. The van der Waals surface area contributed by atoms with Crippen LogP contribution in [-0.4, -0.2) is 28.8 Å². The number of primary amides is 1. The molecule has 0 spiro atoms. The van der Waals surface area contributed by atoms with Crippen molar-refractivity contribution in [2.24, 2.45) is 5.73 Å². The highest BCUT2D eigenvalue weighted by Crippen LogP contribution is 1.93. The summed E-state index contributed by atoms with van der Waals surface area (Å²) < 4.78 is 19.5. The van der Waals surface area contributed by atoms with Gasteiger partial charge in [-0.1, -0.05) is 0 Å². The van der Waals surface area contributed by atoms with Crippen LogP contribution in [0.3, 0.4) is 0 Å². The predicted molar refractivity (Wildman–Crippen MR) is 34.7 cm³/mol. The lowest BCUT2D eigenvalue weighted by molar-refractivity contribution is 0.0989. The van der Waals surface area contributed by atoms with E-state index in [2.05, 4.69) is 10.2 Å². The number of hydrogen-bond acceptors (Lipinski definition) is 4. The molecular formula is C3H4N4O3S. The number of nitrogens with zero attached hydrogens (tertiary/aromatic N) is 3. The van der Waals surface area contributed by atoms with Crippen molar-refractivity contribution in [3.05, 3.63) is 12.2 Å². The zero-order valence-electron chi connectivity index (χ0n) is 5.17. The number of aromatic nitrogens is 3. The molecule has 0 aliphatic rings. The summed E-state index contributed by atoms with van der Waals surface area (Å²) in [6.45, 7) is 0. The fourth-order valence-electron chi connectivity index (χ4n) is 0.498. The first-order valence-corrected chi connectivity index (χ1v) is 3.50. The second-order valence-corrected chi connectivity index (χ2v) is 2.43. The topological polar surface area (TPSA) is 111 Å². The lowest BCUT2D eigenvalue weighted by Gasteiger charge is -1.94. The lowest BCUT2D eigenvalue weighted by atomic mass is 10.6. The zero-order chi connectivity index (χ0) is 8.43. The molecule has 60 valence electrons. The normalized spacial score (nSPS) is 12.8. The highest BCUT2D eigenvalue weighted by atomic mass is 32.2. The van der Waals surface area contributed by atoms with Crippen molar-refractivity contribution in [1.82, 2.24) is 14.2 Å². The number of amides is 1. The van der Waals surface area contributed by atoms with Gasteiger partial charge in [0, 0.05) is 0 Å². The fraction of sp³-hybridized carbons (Fsp3) is 0. The van der Waals surface area contributed by atoms with E-state index in [9.17, 15) is 9.00 Å². The molecule has 1 aromatic heterocycles. The van der Waals surface area contributed by atoms with Crippen LogP contribution in [0.5, 0.6) is 0 Å². The van der Waals surface area contributed by atoms with Crippen LogP contribution in [0.1, 0.15) is 10.6 Å². The molecule has 1 atom stereocenters. The summed E-state index contributed by atoms with van der Waals surface area (Å²) in [5.41, 5.74) is 4.79. The molecule has 7 nitrogen and oxygen atoms in total. The van der Waals surface area contributed by atoms with Crippen LogP contribution < -0.4 is 5.73 Å². The van der Waals surface area contributed by atoms with Gasteiger partial charge >= 0.3 is 0 Å². The Morgan fingerprint density at radius 2 is 2.45 bits per heavy atom. The predicted octanol–water partition coefficient (Wildman–Crippen LogP) is -1.64. The van der Waals surface area contributed by atoms with Crippen molar-refractivity contribution in [1.29, 1.82) is 0 Å². The minimum atomic E-state index is -2.34. The molecular weight excluding hydrogens is 172 g/mol. The number of carbonyl (C=O) groups excluding carboxylic acids is 1. The van der Waals surface area contributed by atoms with Crippen molar-refractivity contribution in [2.45, 2.75) is 0 Å². The van der Waals surface area contributed by atoms with Crippen LogP contribution in [0.2, 0.25) is 0 Å². The molecule has 1 amide bonds. The number of rotatable bonds is 2. The first kappa shape index (κ1) is 7.82. The minimum absolute atomic E-state index is 0.342. The van der Waals surface area contributed by atoms with Gasteiger partial charge in [-0.15, -0.1) is 10.2 Å². The molecule has 0 aliphatic carbocycles. The number of nitrogens with two attached hydrogens (primary N) is 1. The summed E-state index contributed by atoms with van der Waals surface area (Å²) in [5.74, 6) is -1.24. The molecule has 0 aromatic carbocycles. The van der Waals surface area contributed by atoms with Gasteiger partial charge in [0.25, 0.3) is 17.2 Å². The van der Waals surface area contributed by atoms with E-state index < -0.39 is 17.2 Å². The standard InChI is InChI=1S/C3H4N4O3S/c4-2(8)3-6-5-1-7(3)11(9)10/h1H,(H2,4,8)(H,9,10). The second-order valence-electron chi connectivity index (χ2n) is 1.58. The summed E-state index contributed by atoms with van der Waals surface area (Å²) in [7, 11) is 0. The lowest BCUT2D eigenvalue weighted by Crippen LogP contribution is -2.19. The second kappa shape index (κ2) is 2.76. The largest absolute Gasteiger partial charge is 0.363 e. The average molecular weight is 176 g/mol. The van der Waals surface area contributed by atoms with Gasteiger partial charge in [-0.05, 0) is 0 Å². The van der Waals surface area contributed by atoms with Gasteiger partial charge in [0.05, 0.1) is 0 Å². The third-order valence-corrected chi connectivity index (χ3v) is 1.51. The maximum atomic E-state index is 10.4. The maximum Gasteiger partial charge on any atom is 0.287 e. The van der Waals surface area contributed by atoms with Gasteiger partial charge in [0.15, 0.2) is 0 Å². The van der Waals surface area contributed by atoms with Gasteiger partial charge in [-0.2, -0.15) is 0 Å². The van der Waals surface area contributed by atoms with Crippen molar-refractivity contribution in [3.8, 4) is 0 Å². The van der Waals surface area contributed by atoms with Gasteiger partial charge < -0.3 is 5.73 Å². The van der Waals surface area contributed by atoms with Crippen molar-refractivity contribution in [3.63, 3.8) is 0 Å². The Morgan fingerprint density at radius 1 is 1.82 bits per heavy atom. The number of hydrogen-bond donors (Lipinski definition) is 2. The molecule has 0 saturated heterocycles. The Kier molecular flexibility index (Phi) is 1.96. The fourth-order valence-corrected chi connectivity index (χ4v) is 0.896. The van der Waals surface area contributed by atoms with E-state index in [1.165, 1.54) is 0 Å². The van der Waals surface area contributed by atoms with E-state index in [4.69, 9.17) is 10.3 Å². The molecule has 0 fully saturated rings. The van der Waals surface area contributed by atoms with Gasteiger partial charge in [-0.25, -0.2) is 8.18 Å². The molecule has 0 saturated carbocycles. The molecule has 1 aromatic rings. The van der Waals surface area contributed by atoms with Crippen molar-refractivity contribution in [2.75, 3.05) is 0 Å². The molecule has 8 heteroatoms. The summed E-state index contributed by atoms with van der Waals surface area (Å²) >= 11 is -2.34. The molecule has 0 radical (unpaired) electrons. The third kappa shape index (κ3) is 1.41. The first-order chi connectivity index (χ1) is 5.13. The molecule has 1 rings (SSSR count). The highest BCUT2D eigenvalue weighted by Gasteiger charge is 2.12. The Bertz CT molecular complexity index is 279. The Hall–Kier alpha value is -1.28. The van der Waals surface area contributed by atoms with Crippen LogP contribution in [0.4, 0.5) is 0 Å². The van der Waals surface area contributed by atoms with Gasteiger partial charge in [0.1, 0.15) is 6.33 Å². The molecule has 0 bridgehead atoms. The van der Waals surface area contributed by atoms with Crippen LogP contribution in [0.25, 0.3) is 0 Å². The zero-order valence-corrected chi connectivity index (χ0v) is 5.98. The molecule has 11 heavy (non-hydrogen) atoms. The summed E-state index contributed by atoms with van der Waals surface area (Å²) in [6, 6.07) is 0. The van der Waals surface area contributed by atoms with Crippen LogP contribution in [-0.2, 0) is 11.3 Å². The van der Waals surface area contributed by atoms with Gasteiger partial charge in [-0.3, -0.25) is 9.35 Å². The number of carbonyl (C=O) groups is 1. The van der Waals surface area contributed by atoms with Gasteiger partial charge in [0.2, 0.25) is 5.82 Å². The minimum Gasteiger partial charge on any atom is -0.363 e. The summed E-state index contributed by atoms with van der Waals surface area (Å²) in [6.07, 6.45) is 0.941. The van der Waals surface area contributed by atoms with E-state index >= 15 is 0 Å². The van der Waals surface area contributed by atoms with Crippen LogP contribution in [0, 0.1) is 0 Å². The van der Waals surface area contributed by atoms with E-state index in [-0.39, 0.29) is 5.82 Å². The van der Waals surface area contributed by atoms with Crippen molar-refractivity contribution >= 4 is 17.2 Å². The Balaban J connectivity index is 3.16. The Morgan fingerprint density at radius 3 is 2.82 bits per heavy atom. The average Bonchev–Trinajstić information content (AvgIpc) is 2.32. The van der Waals surface area contributed by atoms with E-state index in [1.54, 1.807) is 0 Å². The smallest absolute Gasteiger partial charge is 0.287 e. The van der Waals surface area contributed by atoms with E-state index in [0.717, 1.165) is 6.33 Å². The summed E-state index contributed by atoms with van der Waals surface area (Å²) in [5, 5.41) is 6.45. The SMILES string of the molecule is NC(=O)c1nncn1S(=O)O. The molecule has 1 heterocycles. The van der Waals surface area contributed by atoms with E-state index in [0.29, 0.717) is 3.97 Å².